The van der Waals surface area contributed by atoms with Crippen molar-refractivity contribution in [3.8, 4) is 5.95 Å². The summed E-state index contributed by atoms with van der Waals surface area (Å²) < 4.78 is 27.8. The minimum absolute atomic E-state index is 0.0342. The molecular formula is C14H10F2N6O2. The van der Waals surface area contributed by atoms with E-state index in [4.69, 9.17) is 0 Å². The molecule has 2 heterocycles. The van der Waals surface area contributed by atoms with Crippen molar-refractivity contribution in [1.82, 2.24) is 19.7 Å². The normalized spacial score (nSPS) is 10.6. The van der Waals surface area contributed by atoms with Crippen LogP contribution in [0.25, 0.3) is 5.95 Å². The van der Waals surface area contributed by atoms with Gasteiger partial charge in [0, 0.05) is 17.8 Å². The molecule has 24 heavy (non-hydrogen) atoms. The molecule has 1 N–H and O–H groups in total. The Morgan fingerprint density at radius 3 is 2.71 bits per heavy atom. The number of hydrogen-bond donors (Lipinski definition) is 1. The third kappa shape index (κ3) is 3.16. The van der Waals surface area contributed by atoms with Gasteiger partial charge in [-0.15, -0.1) is 0 Å². The van der Waals surface area contributed by atoms with Gasteiger partial charge in [-0.2, -0.15) is 14.8 Å². The molecule has 0 amide bonds. The Hall–Kier alpha value is -3.43. The lowest BCUT2D eigenvalue weighted by Gasteiger charge is -2.09. The molecule has 0 atom stereocenters. The second-order valence-corrected chi connectivity index (χ2v) is 4.84. The molecule has 0 aliphatic rings. The number of anilines is 2. The van der Waals surface area contributed by atoms with E-state index in [0.29, 0.717) is 5.69 Å². The average molecular weight is 332 g/mol. The number of benzene rings is 1. The zero-order valence-corrected chi connectivity index (χ0v) is 12.3. The molecule has 0 unspecified atom stereocenters. The SMILES string of the molecule is Cc1cc(Nc2ccc(F)cc2F)nc(-n2cc([N+](=O)[O-])cn2)n1. The highest BCUT2D eigenvalue weighted by molar-refractivity contribution is 5.57. The van der Waals surface area contributed by atoms with Crippen LogP contribution in [0.15, 0.2) is 36.7 Å². The number of nitrogens with zero attached hydrogens (tertiary/aromatic N) is 5. The van der Waals surface area contributed by atoms with Crippen LogP contribution in [0.3, 0.4) is 0 Å². The van der Waals surface area contributed by atoms with E-state index in [-0.39, 0.29) is 23.1 Å². The molecule has 0 aliphatic heterocycles. The zero-order valence-electron chi connectivity index (χ0n) is 12.3. The molecule has 2 aromatic heterocycles. The first-order valence-corrected chi connectivity index (χ1v) is 6.69. The van der Waals surface area contributed by atoms with Gasteiger partial charge < -0.3 is 5.32 Å². The van der Waals surface area contributed by atoms with Gasteiger partial charge in [0.2, 0.25) is 0 Å². The van der Waals surface area contributed by atoms with Gasteiger partial charge in [0.15, 0.2) is 0 Å². The second-order valence-electron chi connectivity index (χ2n) is 4.84. The summed E-state index contributed by atoms with van der Waals surface area (Å²) in [4.78, 5) is 18.4. The van der Waals surface area contributed by atoms with Crippen LogP contribution in [0.5, 0.6) is 0 Å². The Labute approximate surface area is 133 Å². The Balaban J connectivity index is 1.95. The van der Waals surface area contributed by atoms with Crippen LogP contribution in [0.4, 0.5) is 26.0 Å². The zero-order chi connectivity index (χ0) is 17.3. The lowest BCUT2D eigenvalue weighted by molar-refractivity contribution is -0.384. The molecular weight excluding hydrogens is 322 g/mol. The van der Waals surface area contributed by atoms with E-state index in [1.165, 1.54) is 6.07 Å². The van der Waals surface area contributed by atoms with Crippen LogP contribution < -0.4 is 5.32 Å². The van der Waals surface area contributed by atoms with E-state index in [9.17, 15) is 18.9 Å². The third-order valence-electron chi connectivity index (χ3n) is 3.02. The maximum Gasteiger partial charge on any atom is 0.307 e. The monoisotopic (exact) mass is 332 g/mol. The maximum absolute atomic E-state index is 13.7. The van der Waals surface area contributed by atoms with Gasteiger partial charge in [-0.05, 0) is 19.1 Å². The molecule has 8 nitrogen and oxygen atoms in total. The van der Waals surface area contributed by atoms with Crippen LogP contribution in [0.1, 0.15) is 5.69 Å². The summed E-state index contributed by atoms with van der Waals surface area (Å²) in [6, 6.07) is 4.64. The second kappa shape index (κ2) is 5.99. The molecule has 0 spiro atoms. The summed E-state index contributed by atoms with van der Waals surface area (Å²) in [6.07, 6.45) is 2.23. The molecule has 3 aromatic rings. The summed E-state index contributed by atoms with van der Waals surface area (Å²) in [7, 11) is 0. The minimum atomic E-state index is -0.775. The molecule has 0 aliphatic carbocycles. The number of aromatic nitrogens is 4. The fourth-order valence-electron chi connectivity index (χ4n) is 1.97. The summed E-state index contributed by atoms with van der Waals surface area (Å²) in [5.41, 5.74) is 0.356. The Kier molecular flexibility index (Phi) is 3.86. The van der Waals surface area contributed by atoms with Crippen LogP contribution in [-0.4, -0.2) is 24.7 Å². The highest BCUT2D eigenvalue weighted by atomic mass is 19.1. The number of hydrogen-bond acceptors (Lipinski definition) is 6. The first kappa shape index (κ1) is 15.5. The number of aryl methyl sites for hydroxylation is 1. The van der Waals surface area contributed by atoms with Crippen molar-refractivity contribution in [3.05, 3.63) is 64.1 Å². The minimum Gasteiger partial charge on any atom is -0.338 e. The highest BCUT2D eigenvalue weighted by Crippen LogP contribution is 2.21. The van der Waals surface area contributed by atoms with Crippen molar-refractivity contribution in [2.24, 2.45) is 0 Å². The Morgan fingerprint density at radius 1 is 1.25 bits per heavy atom. The van der Waals surface area contributed by atoms with Gasteiger partial charge in [0.05, 0.1) is 10.6 Å². The number of halogens is 2. The molecule has 10 heteroatoms. The Morgan fingerprint density at radius 2 is 2.04 bits per heavy atom. The summed E-state index contributed by atoms with van der Waals surface area (Å²) in [5, 5.41) is 17.2. The topological polar surface area (TPSA) is 98.8 Å². The van der Waals surface area contributed by atoms with E-state index in [1.54, 1.807) is 13.0 Å². The molecule has 3 rings (SSSR count). The van der Waals surface area contributed by atoms with E-state index in [2.05, 4.69) is 20.4 Å². The molecule has 0 fully saturated rings. The number of nitrogens with one attached hydrogen (secondary N) is 1. The van der Waals surface area contributed by atoms with Crippen LogP contribution >= 0.6 is 0 Å². The number of rotatable bonds is 4. The fourth-order valence-corrected chi connectivity index (χ4v) is 1.97. The highest BCUT2D eigenvalue weighted by Gasteiger charge is 2.13. The largest absolute Gasteiger partial charge is 0.338 e. The number of nitro groups is 1. The van der Waals surface area contributed by atoms with E-state index in [0.717, 1.165) is 29.2 Å². The Bertz CT molecular complexity index is 927. The lowest BCUT2D eigenvalue weighted by Crippen LogP contribution is -2.06. The molecule has 0 saturated carbocycles. The predicted octanol–water partition coefficient (Wildman–Crippen LogP) is 2.90. The van der Waals surface area contributed by atoms with Crippen molar-refractivity contribution < 1.29 is 13.7 Å². The molecule has 1 aromatic carbocycles. The van der Waals surface area contributed by atoms with Gasteiger partial charge in [0.25, 0.3) is 5.95 Å². The van der Waals surface area contributed by atoms with E-state index in [1.807, 2.05) is 0 Å². The summed E-state index contributed by atoms with van der Waals surface area (Å²) in [5.74, 6) is -1.15. The van der Waals surface area contributed by atoms with Crippen molar-refractivity contribution in [2.75, 3.05) is 5.32 Å². The van der Waals surface area contributed by atoms with Gasteiger partial charge in [-0.3, -0.25) is 10.1 Å². The van der Waals surface area contributed by atoms with E-state index < -0.39 is 16.6 Å². The summed E-state index contributed by atoms with van der Waals surface area (Å²) in [6.45, 7) is 1.68. The lowest BCUT2D eigenvalue weighted by atomic mass is 10.3. The quantitative estimate of drug-likeness (QED) is 0.582. The predicted molar refractivity (Wildman–Crippen MR) is 80.2 cm³/mol. The van der Waals surface area contributed by atoms with Gasteiger partial charge >= 0.3 is 5.69 Å². The van der Waals surface area contributed by atoms with Crippen LogP contribution in [0.2, 0.25) is 0 Å². The van der Waals surface area contributed by atoms with Crippen LogP contribution in [0, 0.1) is 28.7 Å². The smallest absolute Gasteiger partial charge is 0.307 e. The third-order valence-corrected chi connectivity index (χ3v) is 3.02. The molecule has 122 valence electrons. The first-order chi connectivity index (χ1) is 11.4. The van der Waals surface area contributed by atoms with Crippen molar-refractivity contribution in [2.45, 2.75) is 6.92 Å². The fraction of sp³-hybridized carbons (Fsp3) is 0.0714. The van der Waals surface area contributed by atoms with Gasteiger partial charge in [-0.1, -0.05) is 0 Å². The van der Waals surface area contributed by atoms with Crippen LogP contribution in [-0.2, 0) is 0 Å². The van der Waals surface area contributed by atoms with Crippen molar-refractivity contribution in [1.29, 1.82) is 0 Å². The van der Waals surface area contributed by atoms with Gasteiger partial charge in [0.1, 0.15) is 29.8 Å². The molecule has 0 saturated heterocycles. The summed E-state index contributed by atoms with van der Waals surface area (Å²) >= 11 is 0. The first-order valence-electron chi connectivity index (χ1n) is 6.69. The van der Waals surface area contributed by atoms with Crippen molar-refractivity contribution >= 4 is 17.2 Å². The molecule has 0 radical (unpaired) electrons. The average Bonchev–Trinajstić information content (AvgIpc) is 3.00. The standard InChI is InChI=1S/C14H10F2N6O2/c1-8-4-13(19-12-3-2-9(15)5-11(12)16)20-14(18-8)21-7-10(6-17-21)22(23)24/h2-7H,1H3,(H,18,19,20). The molecule has 0 bridgehead atoms. The van der Waals surface area contributed by atoms with E-state index >= 15 is 0 Å². The van der Waals surface area contributed by atoms with Crippen molar-refractivity contribution in [3.63, 3.8) is 0 Å². The van der Waals surface area contributed by atoms with Gasteiger partial charge in [-0.25, -0.2) is 13.8 Å². The maximum atomic E-state index is 13.7.